The number of nitrogens with zero attached hydrogens (tertiary/aromatic N) is 4. The molecule has 1 aliphatic rings. The highest BCUT2D eigenvalue weighted by molar-refractivity contribution is 5.39. The van der Waals surface area contributed by atoms with Gasteiger partial charge >= 0.3 is 0 Å². The number of pyridine rings is 1. The van der Waals surface area contributed by atoms with E-state index in [0.717, 1.165) is 12.4 Å². The van der Waals surface area contributed by atoms with Crippen LogP contribution in [0.3, 0.4) is 0 Å². The Labute approximate surface area is 113 Å². The zero-order valence-electron chi connectivity index (χ0n) is 11.2. The first-order chi connectivity index (χ1) is 9.33. The van der Waals surface area contributed by atoms with E-state index in [1.165, 1.54) is 30.5 Å². The second-order valence-corrected chi connectivity index (χ2v) is 5.14. The lowest BCUT2D eigenvalue weighted by Gasteiger charge is -2.26. The van der Waals surface area contributed by atoms with Crippen molar-refractivity contribution in [2.45, 2.75) is 31.7 Å². The van der Waals surface area contributed by atoms with Gasteiger partial charge in [0.15, 0.2) is 0 Å². The fourth-order valence-corrected chi connectivity index (χ4v) is 2.34. The fourth-order valence-electron chi connectivity index (χ4n) is 2.34. The molecule has 0 spiro atoms. The standard InChI is InChI=1S/C15H18N4/c1-19(10-12-5-7-16-8-6-12)15-9-14(17-11-18-15)13-3-2-4-13/h5-9,11,13H,2-4,10H2,1H3. The third-order valence-corrected chi connectivity index (χ3v) is 3.76. The molecule has 2 aromatic heterocycles. The number of aromatic nitrogens is 3. The van der Waals surface area contributed by atoms with Gasteiger partial charge < -0.3 is 4.90 Å². The molecule has 0 saturated heterocycles. The second-order valence-electron chi connectivity index (χ2n) is 5.14. The maximum Gasteiger partial charge on any atom is 0.132 e. The fraction of sp³-hybridized carbons (Fsp3) is 0.400. The van der Waals surface area contributed by atoms with Gasteiger partial charge in [0.1, 0.15) is 12.1 Å². The number of hydrogen-bond donors (Lipinski definition) is 0. The second kappa shape index (κ2) is 5.34. The molecule has 0 N–H and O–H groups in total. The van der Waals surface area contributed by atoms with Crippen molar-refractivity contribution < 1.29 is 0 Å². The maximum atomic E-state index is 4.40. The first-order valence-corrected chi connectivity index (χ1v) is 6.75. The smallest absolute Gasteiger partial charge is 0.132 e. The molecule has 0 aromatic carbocycles. The normalized spacial score (nSPS) is 15.0. The van der Waals surface area contributed by atoms with Gasteiger partial charge in [0, 0.05) is 43.7 Å². The Bertz CT molecular complexity index is 537. The lowest BCUT2D eigenvalue weighted by molar-refractivity contribution is 0.410. The Balaban J connectivity index is 1.74. The third kappa shape index (κ3) is 2.72. The molecule has 4 heteroatoms. The van der Waals surface area contributed by atoms with Crippen molar-refractivity contribution >= 4 is 5.82 Å². The van der Waals surface area contributed by atoms with Crippen LogP contribution in [-0.2, 0) is 6.54 Å². The topological polar surface area (TPSA) is 41.9 Å². The summed E-state index contributed by atoms with van der Waals surface area (Å²) in [6.45, 7) is 0.837. The molecule has 0 unspecified atom stereocenters. The largest absolute Gasteiger partial charge is 0.355 e. The van der Waals surface area contributed by atoms with Gasteiger partial charge in [-0.15, -0.1) is 0 Å². The van der Waals surface area contributed by atoms with Gasteiger partial charge in [0.25, 0.3) is 0 Å². The third-order valence-electron chi connectivity index (χ3n) is 3.76. The molecule has 2 heterocycles. The Kier molecular flexibility index (Phi) is 3.40. The zero-order chi connectivity index (χ0) is 13.1. The van der Waals surface area contributed by atoms with E-state index in [2.05, 4.69) is 33.0 Å². The molecule has 1 aliphatic carbocycles. The molecule has 4 nitrogen and oxygen atoms in total. The molecule has 2 aromatic rings. The maximum absolute atomic E-state index is 4.40. The van der Waals surface area contributed by atoms with E-state index in [4.69, 9.17) is 0 Å². The molecule has 0 radical (unpaired) electrons. The molecule has 0 amide bonds. The Hall–Kier alpha value is -1.97. The van der Waals surface area contributed by atoms with Crippen molar-refractivity contribution in [3.05, 3.63) is 48.2 Å². The minimum absolute atomic E-state index is 0.649. The van der Waals surface area contributed by atoms with E-state index in [9.17, 15) is 0 Å². The molecule has 19 heavy (non-hydrogen) atoms. The summed E-state index contributed by atoms with van der Waals surface area (Å²) in [7, 11) is 2.06. The number of hydrogen-bond acceptors (Lipinski definition) is 4. The van der Waals surface area contributed by atoms with Crippen LogP contribution in [0.4, 0.5) is 5.82 Å². The minimum Gasteiger partial charge on any atom is -0.355 e. The molecule has 0 aliphatic heterocycles. The van der Waals surface area contributed by atoms with Gasteiger partial charge in [-0.2, -0.15) is 0 Å². The predicted molar refractivity (Wildman–Crippen MR) is 75.0 cm³/mol. The van der Waals surface area contributed by atoms with Gasteiger partial charge in [-0.05, 0) is 30.5 Å². The van der Waals surface area contributed by atoms with Gasteiger partial charge in [-0.25, -0.2) is 9.97 Å². The quantitative estimate of drug-likeness (QED) is 0.841. The van der Waals surface area contributed by atoms with Gasteiger partial charge in [0.05, 0.1) is 0 Å². The monoisotopic (exact) mass is 254 g/mol. The Morgan fingerprint density at radius 1 is 1.21 bits per heavy atom. The Morgan fingerprint density at radius 2 is 2.00 bits per heavy atom. The van der Waals surface area contributed by atoms with Crippen LogP contribution in [0.15, 0.2) is 36.9 Å². The summed E-state index contributed by atoms with van der Waals surface area (Å²) < 4.78 is 0. The van der Waals surface area contributed by atoms with Crippen molar-refractivity contribution in [1.82, 2.24) is 15.0 Å². The highest BCUT2D eigenvalue weighted by Crippen LogP contribution is 2.35. The van der Waals surface area contributed by atoms with Crippen LogP contribution in [0.25, 0.3) is 0 Å². The number of anilines is 1. The van der Waals surface area contributed by atoms with Gasteiger partial charge in [0.2, 0.25) is 0 Å². The van der Waals surface area contributed by atoms with E-state index < -0.39 is 0 Å². The average molecular weight is 254 g/mol. The summed E-state index contributed by atoms with van der Waals surface area (Å²) in [4.78, 5) is 15.0. The van der Waals surface area contributed by atoms with E-state index >= 15 is 0 Å². The van der Waals surface area contributed by atoms with Crippen LogP contribution in [0, 0.1) is 0 Å². The predicted octanol–water partition coefficient (Wildman–Crippen LogP) is 2.78. The SMILES string of the molecule is CN(Cc1ccncc1)c1cc(C2CCC2)ncn1. The molecule has 1 saturated carbocycles. The van der Waals surface area contributed by atoms with Gasteiger partial charge in [-0.1, -0.05) is 6.42 Å². The van der Waals surface area contributed by atoms with E-state index in [-0.39, 0.29) is 0 Å². The molecule has 98 valence electrons. The van der Waals surface area contributed by atoms with Crippen molar-refractivity contribution in [2.75, 3.05) is 11.9 Å². The van der Waals surface area contributed by atoms with Crippen LogP contribution in [-0.4, -0.2) is 22.0 Å². The van der Waals surface area contributed by atoms with Crippen LogP contribution >= 0.6 is 0 Å². The highest BCUT2D eigenvalue weighted by Gasteiger charge is 2.21. The molecule has 1 fully saturated rings. The first-order valence-electron chi connectivity index (χ1n) is 6.75. The van der Waals surface area contributed by atoms with Crippen LogP contribution in [0.5, 0.6) is 0 Å². The highest BCUT2D eigenvalue weighted by atomic mass is 15.2. The average Bonchev–Trinajstić information content (AvgIpc) is 2.38. The molecule has 0 atom stereocenters. The summed E-state index contributed by atoms with van der Waals surface area (Å²) in [6, 6.07) is 6.19. The van der Waals surface area contributed by atoms with Crippen LogP contribution < -0.4 is 4.90 Å². The van der Waals surface area contributed by atoms with Crippen LogP contribution in [0.2, 0.25) is 0 Å². The van der Waals surface area contributed by atoms with Crippen molar-refractivity contribution in [2.24, 2.45) is 0 Å². The van der Waals surface area contributed by atoms with Crippen molar-refractivity contribution in [1.29, 1.82) is 0 Å². The number of rotatable bonds is 4. The van der Waals surface area contributed by atoms with Crippen molar-refractivity contribution in [3.8, 4) is 0 Å². The molecule has 0 bridgehead atoms. The van der Waals surface area contributed by atoms with Crippen molar-refractivity contribution in [3.63, 3.8) is 0 Å². The van der Waals surface area contributed by atoms with E-state index in [1.54, 1.807) is 6.33 Å². The summed E-state index contributed by atoms with van der Waals surface area (Å²) in [5, 5.41) is 0. The minimum atomic E-state index is 0.649. The first kappa shape index (κ1) is 12.1. The summed E-state index contributed by atoms with van der Waals surface area (Å²) >= 11 is 0. The molecule has 3 rings (SSSR count). The summed E-state index contributed by atoms with van der Waals surface area (Å²) in [5.41, 5.74) is 2.43. The lowest BCUT2D eigenvalue weighted by Crippen LogP contribution is -2.19. The summed E-state index contributed by atoms with van der Waals surface area (Å²) in [6.07, 6.45) is 9.20. The Morgan fingerprint density at radius 3 is 2.68 bits per heavy atom. The van der Waals surface area contributed by atoms with Crippen LogP contribution in [0.1, 0.15) is 36.4 Å². The van der Waals surface area contributed by atoms with E-state index in [1.807, 2.05) is 24.5 Å². The zero-order valence-corrected chi connectivity index (χ0v) is 11.2. The van der Waals surface area contributed by atoms with Gasteiger partial charge in [-0.3, -0.25) is 4.98 Å². The lowest BCUT2D eigenvalue weighted by atomic mass is 9.83. The summed E-state index contributed by atoms with van der Waals surface area (Å²) in [5.74, 6) is 1.64. The molecular formula is C15H18N4. The molecular weight excluding hydrogens is 236 g/mol. The van der Waals surface area contributed by atoms with E-state index in [0.29, 0.717) is 5.92 Å².